The minimum Gasteiger partial charge on any atom is -0.328 e. The van der Waals surface area contributed by atoms with Crippen molar-refractivity contribution in [1.29, 1.82) is 0 Å². The van der Waals surface area contributed by atoms with Gasteiger partial charge in [0, 0.05) is 31.4 Å². The van der Waals surface area contributed by atoms with Crippen LogP contribution in [-0.2, 0) is 13.0 Å². The predicted octanol–water partition coefficient (Wildman–Crippen LogP) is 1.96. The van der Waals surface area contributed by atoms with Crippen molar-refractivity contribution in [2.75, 3.05) is 0 Å². The van der Waals surface area contributed by atoms with E-state index in [4.69, 9.17) is 0 Å². The summed E-state index contributed by atoms with van der Waals surface area (Å²) in [5.41, 5.74) is 1.03. The van der Waals surface area contributed by atoms with Crippen molar-refractivity contribution < 1.29 is 4.79 Å². The summed E-state index contributed by atoms with van der Waals surface area (Å²) in [6.45, 7) is 2.64. The number of hydrogen-bond donors (Lipinski definition) is 1. The van der Waals surface area contributed by atoms with Gasteiger partial charge in [-0.3, -0.25) is 14.9 Å². The third kappa shape index (κ3) is 3.26. The van der Waals surface area contributed by atoms with Gasteiger partial charge in [0.05, 0.1) is 0 Å². The van der Waals surface area contributed by atoms with E-state index in [0.717, 1.165) is 37.1 Å². The molecule has 0 bridgehead atoms. The molecule has 2 heterocycles. The van der Waals surface area contributed by atoms with Crippen LogP contribution in [0.5, 0.6) is 0 Å². The van der Waals surface area contributed by atoms with E-state index >= 15 is 0 Å². The molecule has 0 unspecified atom stereocenters. The third-order valence-electron chi connectivity index (χ3n) is 3.53. The number of hydrogen-bond acceptors (Lipinski definition) is 4. The number of aromatic nitrogens is 4. The number of nitrogens with one attached hydrogen (secondary N) is 1. The van der Waals surface area contributed by atoms with Crippen molar-refractivity contribution in [2.24, 2.45) is 0 Å². The Balaban J connectivity index is 1.75. The topological polar surface area (TPSA) is 74.8 Å². The zero-order chi connectivity index (χ0) is 14.7. The van der Waals surface area contributed by atoms with E-state index in [0.29, 0.717) is 12.6 Å². The van der Waals surface area contributed by atoms with Crippen LogP contribution in [0.2, 0.25) is 0 Å². The molecule has 1 aliphatic rings. The largest absolute Gasteiger partial charge is 0.328 e. The van der Waals surface area contributed by atoms with Crippen LogP contribution < -0.4 is 0 Å². The molecule has 110 valence electrons. The second kappa shape index (κ2) is 6.03. The summed E-state index contributed by atoms with van der Waals surface area (Å²) in [5.74, 6) is 0.951. The third-order valence-corrected chi connectivity index (χ3v) is 3.53. The summed E-state index contributed by atoms with van der Waals surface area (Å²) in [7, 11) is 0. The number of H-pyrrole nitrogens is 1. The molecule has 0 atom stereocenters. The fourth-order valence-corrected chi connectivity index (χ4v) is 2.31. The molecule has 21 heavy (non-hydrogen) atoms. The normalized spacial score (nSPS) is 14.1. The van der Waals surface area contributed by atoms with Gasteiger partial charge in [-0.25, -0.2) is 4.98 Å². The second-order valence-electron chi connectivity index (χ2n) is 5.38. The fraction of sp³-hybridized carbons (Fsp3) is 0.467. The van der Waals surface area contributed by atoms with Crippen LogP contribution in [-0.4, -0.2) is 37.0 Å². The maximum Gasteiger partial charge on any atom is 0.294 e. The van der Waals surface area contributed by atoms with Gasteiger partial charge < -0.3 is 4.90 Å². The minimum absolute atomic E-state index is 0.0973. The molecule has 0 saturated heterocycles. The van der Waals surface area contributed by atoms with Crippen LogP contribution in [0.3, 0.4) is 0 Å². The molecule has 2 aromatic rings. The van der Waals surface area contributed by atoms with E-state index in [2.05, 4.69) is 27.1 Å². The highest BCUT2D eigenvalue weighted by atomic mass is 16.2. The van der Waals surface area contributed by atoms with Gasteiger partial charge in [-0.1, -0.05) is 13.0 Å². The molecule has 6 heteroatoms. The Morgan fingerprint density at radius 3 is 3.00 bits per heavy atom. The number of nitrogens with zero attached hydrogens (tertiary/aromatic N) is 4. The molecule has 0 spiro atoms. The van der Waals surface area contributed by atoms with Crippen LogP contribution >= 0.6 is 0 Å². The average Bonchev–Trinajstić information content (AvgIpc) is 3.25. The maximum atomic E-state index is 12.6. The smallest absolute Gasteiger partial charge is 0.294 e. The number of carbonyl (C=O) groups is 1. The maximum absolute atomic E-state index is 12.6. The van der Waals surface area contributed by atoms with Gasteiger partial charge in [0.25, 0.3) is 5.91 Å². The van der Waals surface area contributed by atoms with E-state index in [1.165, 1.54) is 0 Å². The highest BCUT2D eigenvalue weighted by Gasteiger charge is 2.34. The van der Waals surface area contributed by atoms with Gasteiger partial charge in [0.15, 0.2) is 0 Å². The van der Waals surface area contributed by atoms with E-state index in [-0.39, 0.29) is 11.7 Å². The lowest BCUT2D eigenvalue weighted by Crippen LogP contribution is -2.33. The first-order chi connectivity index (χ1) is 10.3. The molecular weight excluding hydrogens is 266 g/mol. The second-order valence-corrected chi connectivity index (χ2v) is 5.38. The highest BCUT2D eigenvalue weighted by molar-refractivity contribution is 5.90. The van der Waals surface area contributed by atoms with Crippen molar-refractivity contribution >= 4 is 5.91 Å². The Bertz CT molecular complexity index is 606. The zero-order valence-corrected chi connectivity index (χ0v) is 12.1. The van der Waals surface area contributed by atoms with Crippen LogP contribution in [0.4, 0.5) is 0 Å². The highest BCUT2D eigenvalue weighted by Crippen LogP contribution is 2.29. The molecule has 2 aromatic heterocycles. The standard InChI is InChI=1S/C15H19N5O/c1-2-4-13-17-14(19-18-13)15(21)20(12-6-7-12)10-11-5-3-8-16-9-11/h3,5,8-9,12H,2,4,6-7,10H2,1H3,(H,17,18,19). The number of aryl methyl sites for hydroxylation is 1. The lowest BCUT2D eigenvalue weighted by atomic mass is 10.2. The SMILES string of the molecule is CCCc1nc(C(=O)N(Cc2cccnc2)C2CC2)n[nH]1. The Hall–Kier alpha value is -2.24. The van der Waals surface area contributed by atoms with E-state index in [9.17, 15) is 4.79 Å². The summed E-state index contributed by atoms with van der Waals surface area (Å²) < 4.78 is 0. The van der Waals surface area contributed by atoms with Crippen LogP contribution in [0, 0.1) is 0 Å². The Morgan fingerprint density at radius 2 is 2.33 bits per heavy atom. The first kappa shape index (κ1) is 13.7. The summed E-state index contributed by atoms with van der Waals surface area (Å²) in [6, 6.07) is 4.18. The van der Waals surface area contributed by atoms with E-state index < -0.39 is 0 Å². The number of rotatable bonds is 6. The van der Waals surface area contributed by atoms with Gasteiger partial charge in [-0.15, -0.1) is 5.10 Å². The zero-order valence-electron chi connectivity index (χ0n) is 12.1. The molecule has 6 nitrogen and oxygen atoms in total. The van der Waals surface area contributed by atoms with Crippen LogP contribution in [0.25, 0.3) is 0 Å². The first-order valence-corrected chi connectivity index (χ1v) is 7.39. The molecule has 1 saturated carbocycles. The summed E-state index contributed by atoms with van der Waals surface area (Å²) >= 11 is 0. The monoisotopic (exact) mass is 285 g/mol. The van der Waals surface area contributed by atoms with E-state index in [1.807, 2.05) is 17.0 Å². The van der Waals surface area contributed by atoms with Gasteiger partial charge in [0.1, 0.15) is 5.82 Å². The lowest BCUT2D eigenvalue weighted by Gasteiger charge is -2.20. The molecule has 1 N–H and O–H groups in total. The number of carbonyl (C=O) groups excluding carboxylic acids is 1. The molecule has 0 aliphatic heterocycles. The van der Waals surface area contributed by atoms with Crippen LogP contribution in [0.15, 0.2) is 24.5 Å². The molecule has 1 fully saturated rings. The number of pyridine rings is 1. The van der Waals surface area contributed by atoms with Gasteiger partial charge in [-0.05, 0) is 30.9 Å². The van der Waals surface area contributed by atoms with Crippen molar-refractivity contribution in [2.45, 2.75) is 45.2 Å². The predicted molar refractivity (Wildman–Crippen MR) is 77.5 cm³/mol. The Labute approximate surface area is 123 Å². The molecule has 0 radical (unpaired) electrons. The van der Waals surface area contributed by atoms with Crippen molar-refractivity contribution in [1.82, 2.24) is 25.1 Å². The Kier molecular flexibility index (Phi) is 3.94. The van der Waals surface area contributed by atoms with Gasteiger partial charge >= 0.3 is 0 Å². The van der Waals surface area contributed by atoms with Crippen molar-refractivity contribution in [3.05, 3.63) is 41.7 Å². The molecular formula is C15H19N5O. The first-order valence-electron chi connectivity index (χ1n) is 7.39. The fourth-order valence-electron chi connectivity index (χ4n) is 2.31. The van der Waals surface area contributed by atoms with Gasteiger partial charge in [-0.2, -0.15) is 0 Å². The summed E-state index contributed by atoms with van der Waals surface area (Å²) in [4.78, 5) is 22.9. The average molecular weight is 285 g/mol. The van der Waals surface area contributed by atoms with Crippen molar-refractivity contribution in [3.8, 4) is 0 Å². The molecule has 1 amide bonds. The van der Waals surface area contributed by atoms with Gasteiger partial charge in [0.2, 0.25) is 5.82 Å². The van der Waals surface area contributed by atoms with Crippen LogP contribution in [0.1, 0.15) is 48.2 Å². The minimum atomic E-state index is -0.0973. The number of amides is 1. The molecule has 1 aliphatic carbocycles. The lowest BCUT2D eigenvalue weighted by molar-refractivity contribution is 0.0717. The summed E-state index contributed by atoms with van der Waals surface area (Å²) in [6.07, 6.45) is 7.43. The van der Waals surface area contributed by atoms with Crippen molar-refractivity contribution in [3.63, 3.8) is 0 Å². The van der Waals surface area contributed by atoms with E-state index in [1.54, 1.807) is 12.4 Å². The molecule has 3 rings (SSSR count). The number of aromatic amines is 1. The quantitative estimate of drug-likeness (QED) is 0.880. The Morgan fingerprint density at radius 1 is 1.48 bits per heavy atom. The summed E-state index contributed by atoms with van der Waals surface area (Å²) in [5, 5.41) is 6.91. The molecule has 0 aromatic carbocycles.